The molecule has 0 N–H and O–H groups in total. The van der Waals surface area contributed by atoms with Gasteiger partial charge in [0.2, 0.25) is 0 Å². The van der Waals surface area contributed by atoms with E-state index in [1.807, 2.05) is 23.1 Å². The first-order valence-electron chi connectivity index (χ1n) is 18.2. The van der Waals surface area contributed by atoms with Gasteiger partial charge in [0.05, 0.1) is 33.4 Å². The first-order chi connectivity index (χ1) is 25.8. The van der Waals surface area contributed by atoms with Crippen LogP contribution in [0.3, 0.4) is 0 Å². The molecule has 4 heteroatoms. The fourth-order valence-electron chi connectivity index (χ4n) is 9.26. The fraction of sp³-hybridized carbons (Fsp3) is 0.0833. The highest BCUT2D eigenvalue weighted by Gasteiger charge is 2.34. The summed E-state index contributed by atoms with van der Waals surface area (Å²) in [5.74, 6) is 0.388. The summed E-state index contributed by atoms with van der Waals surface area (Å²) in [4.78, 5) is 2.90. The van der Waals surface area contributed by atoms with E-state index in [9.17, 15) is 0 Å². The van der Waals surface area contributed by atoms with Crippen LogP contribution < -0.4 is 0 Å². The smallest absolute Gasteiger partial charge is 0.0555 e. The standard InChI is InChI=1S/C48H32N2S2/c1-5-15-37-31(11-1)35-27-29(23-25-39(35)49(37)41-17-9-21-45-47(41)33-13-3-7-19-43(33)51-45)30-24-26-40-36(28-30)32-12-2-6-16-38(32)50(40)42-18-10-22-46-48(42)34-14-4-8-20-44(34)52-46/h1-7,9-19,21-28,33,43H,8,20H2. The Morgan fingerprint density at radius 3 is 2.00 bits per heavy atom. The van der Waals surface area contributed by atoms with E-state index in [0.717, 1.165) is 12.8 Å². The second-order valence-corrected chi connectivity index (χ2v) is 16.6. The molecule has 2 aliphatic carbocycles. The molecule has 2 nitrogen and oxygen atoms in total. The highest BCUT2D eigenvalue weighted by atomic mass is 32.2. The first-order valence-corrected chi connectivity index (χ1v) is 19.9. The van der Waals surface area contributed by atoms with Crippen LogP contribution in [0, 0.1) is 0 Å². The van der Waals surface area contributed by atoms with Crippen LogP contribution in [0.4, 0.5) is 0 Å². The first kappa shape index (κ1) is 29.1. The molecule has 9 aromatic rings. The van der Waals surface area contributed by atoms with Crippen molar-refractivity contribution in [2.24, 2.45) is 0 Å². The predicted molar refractivity (Wildman–Crippen MR) is 224 cm³/mol. The Hall–Kier alpha value is -5.55. The van der Waals surface area contributed by atoms with E-state index in [4.69, 9.17) is 0 Å². The molecule has 12 rings (SSSR count). The lowest BCUT2D eigenvalue weighted by atomic mass is 9.91. The number of para-hydroxylation sites is 2. The van der Waals surface area contributed by atoms with Crippen molar-refractivity contribution in [3.63, 3.8) is 0 Å². The van der Waals surface area contributed by atoms with Gasteiger partial charge in [-0.1, -0.05) is 97.1 Å². The highest BCUT2D eigenvalue weighted by Crippen LogP contribution is 2.51. The van der Waals surface area contributed by atoms with Crippen molar-refractivity contribution in [3.8, 4) is 22.5 Å². The normalized spacial score (nSPS) is 17.5. The monoisotopic (exact) mass is 700 g/mol. The summed E-state index contributed by atoms with van der Waals surface area (Å²) < 4.78 is 6.38. The average Bonchev–Trinajstić information content (AvgIpc) is 3.95. The van der Waals surface area contributed by atoms with Crippen LogP contribution in [0.2, 0.25) is 0 Å². The van der Waals surface area contributed by atoms with Gasteiger partial charge in [-0.15, -0.1) is 23.1 Å². The Balaban J connectivity index is 1.05. The molecule has 52 heavy (non-hydrogen) atoms. The van der Waals surface area contributed by atoms with Gasteiger partial charge in [-0.2, -0.15) is 0 Å². The van der Waals surface area contributed by atoms with E-state index in [-0.39, 0.29) is 0 Å². The van der Waals surface area contributed by atoms with Crippen LogP contribution in [-0.2, 0) is 6.42 Å². The summed E-state index contributed by atoms with van der Waals surface area (Å²) in [6, 6.07) is 45.7. The van der Waals surface area contributed by atoms with Gasteiger partial charge in [-0.05, 0) is 95.8 Å². The zero-order chi connectivity index (χ0) is 33.9. The van der Waals surface area contributed by atoms with Crippen molar-refractivity contribution < 1.29 is 0 Å². The van der Waals surface area contributed by atoms with Crippen LogP contribution in [0.5, 0.6) is 0 Å². The molecular formula is C48H32N2S2. The third-order valence-corrected chi connectivity index (χ3v) is 14.1. The van der Waals surface area contributed by atoms with Crippen LogP contribution in [0.25, 0.3) is 82.3 Å². The number of thiophene rings is 1. The Morgan fingerprint density at radius 2 is 1.23 bits per heavy atom. The minimum Gasteiger partial charge on any atom is -0.309 e. The summed E-state index contributed by atoms with van der Waals surface area (Å²) in [6.45, 7) is 0. The lowest BCUT2D eigenvalue weighted by Gasteiger charge is -2.19. The molecule has 0 radical (unpaired) electrons. The SMILES string of the molecule is C1=CC2Sc3cccc(-n4c5ccccc5c5cc(-c6ccc7c(c6)c6ccccc6n7-c6cccc7sc8c(c67)C=CCC8)ccc54)c3C2C=C1. The number of nitrogens with zero attached hydrogens (tertiary/aromatic N) is 2. The minimum atomic E-state index is 0.388. The summed E-state index contributed by atoms with van der Waals surface area (Å²) in [7, 11) is 0. The van der Waals surface area contributed by atoms with E-state index < -0.39 is 0 Å². The average molecular weight is 701 g/mol. The number of benzene rings is 6. The molecule has 246 valence electrons. The third kappa shape index (κ3) is 4.02. The molecule has 4 heterocycles. The number of thioether (sulfide) groups is 1. The zero-order valence-electron chi connectivity index (χ0n) is 28.3. The van der Waals surface area contributed by atoms with E-state index in [2.05, 4.69) is 167 Å². The Morgan fingerprint density at radius 1 is 0.577 bits per heavy atom. The Labute approximate surface area is 309 Å². The van der Waals surface area contributed by atoms with Gasteiger partial charge in [0, 0.05) is 52.6 Å². The van der Waals surface area contributed by atoms with Crippen molar-refractivity contribution >= 4 is 82.9 Å². The van der Waals surface area contributed by atoms with Crippen LogP contribution in [0.15, 0.2) is 157 Å². The fourth-order valence-corrected chi connectivity index (χ4v) is 11.9. The maximum absolute atomic E-state index is 2.51. The topological polar surface area (TPSA) is 9.86 Å². The largest absolute Gasteiger partial charge is 0.309 e. The molecule has 2 atom stereocenters. The van der Waals surface area contributed by atoms with E-state index in [1.165, 1.54) is 97.1 Å². The quantitative estimate of drug-likeness (QED) is 0.178. The molecule has 0 amide bonds. The van der Waals surface area contributed by atoms with Crippen molar-refractivity contribution in [2.45, 2.75) is 28.9 Å². The number of fused-ring (bicyclic) bond motifs is 12. The Kier molecular flexibility index (Phi) is 6.14. The minimum absolute atomic E-state index is 0.388. The van der Waals surface area contributed by atoms with Crippen molar-refractivity contribution in [2.75, 3.05) is 0 Å². The van der Waals surface area contributed by atoms with Gasteiger partial charge >= 0.3 is 0 Å². The molecule has 3 aliphatic rings. The van der Waals surface area contributed by atoms with E-state index >= 15 is 0 Å². The lowest BCUT2D eigenvalue weighted by molar-refractivity contribution is 0.867. The molecular weight excluding hydrogens is 669 g/mol. The van der Waals surface area contributed by atoms with E-state index in [1.54, 1.807) is 0 Å². The van der Waals surface area contributed by atoms with Crippen molar-refractivity contribution in [1.82, 2.24) is 9.13 Å². The molecule has 6 aromatic carbocycles. The summed E-state index contributed by atoms with van der Waals surface area (Å²) >= 11 is 3.96. The molecule has 0 bridgehead atoms. The van der Waals surface area contributed by atoms with Gasteiger partial charge in [0.1, 0.15) is 0 Å². The van der Waals surface area contributed by atoms with Crippen LogP contribution in [-0.4, -0.2) is 14.4 Å². The van der Waals surface area contributed by atoms with Gasteiger partial charge in [-0.25, -0.2) is 0 Å². The molecule has 1 aliphatic heterocycles. The van der Waals surface area contributed by atoms with Crippen molar-refractivity contribution in [1.29, 1.82) is 0 Å². The lowest BCUT2D eigenvalue weighted by Crippen LogP contribution is -2.09. The maximum Gasteiger partial charge on any atom is 0.0555 e. The third-order valence-electron chi connectivity index (χ3n) is 11.5. The molecule has 3 aromatic heterocycles. The highest BCUT2D eigenvalue weighted by molar-refractivity contribution is 8.00. The second kappa shape index (κ2) is 11.0. The Bertz CT molecular complexity index is 3070. The number of aryl methyl sites for hydroxylation is 1. The van der Waals surface area contributed by atoms with Gasteiger partial charge in [0.15, 0.2) is 0 Å². The number of hydrogen-bond donors (Lipinski definition) is 0. The predicted octanol–water partition coefficient (Wildman–Crippen LogP) is 13.4. The van der Waals surface area contributed by atoms with Crippen molar-refractivity contribution in [3.05, 3.63) is 168 Å². The zero-order valence-corrected chi connectivity index (χ0v) is 29.9. The van der Waals surface area contributed by atoms with Gasteiger partial charge in [0.25, 0.3) is 0 Å². The van der Waals surface area contributed by atoms with Crippen LogP contribution >= 0.6 is 23.1 Å². The number of hydrogen-bond acceptors (Lipinski definition) is 2. The summed E-state index contributed by atoms with van der Waals surface area (Å²) in [5.41, 5.74) is 12.9. The summed E-state index contributed by atoms with van der Waals surface area (Å²) in [5, 5.41) is 6.99. The molecule has 2 unspecified atom stereocenters. The van der Waals surface area contributed by atoms with Gasteiger partial charge in [-0.3, -0.25) is 0 Å². The molecule has 0 saturated heterocycles. The van der Waals surface area contributed by atoms with Crippen LogP contribution in [0.1, 0.15) is 28.3 Å². The number of allylic oxidation sites excluding steroid dienone is 4. The maximum atomic E-state index is 2.51. The number of rotatable bonds is 3. The number of aromatic nitrogens is 2. The van der Waals surface area contributed by atoms with E-state index in [0.29, 0.717) is 11.2 Å². The molecule has 0 saturated carbocycles. The second-order valence-electron chi connectivity index (χ2n) is 14.3. The summed E-state index contributed by atoms with van der Waals surface area (Å²) in [6.07, 6.45) is 16.1. The van der Waals surface area contributed by atoms with Gasteiger partial charge < -0.3 is 9.13 Å². The molecule has 0 fully saturated rings. The molecule has 0 spiro atoms.